The molecule has 1 saturated heterocycles. The topological polar surface area (TPSA) is 18.5 Å². The molecule has 144 valence electrons. The third kappa shape index (κ3) is 4.32. The number of hydrogen-bond donors (Lipinski definition) is 1. The van der Waals surface area contributed by atoms with Gasteiger partial charge in [-0.15, -0.1) is 0 Å². The normalized spacial score (nSPS) is 14.9. The first-order valence-corrected chi connectivity index (χ1v) is 10.2. The summed E-state index contributed by atoms with van der Waals surface area (Å²) in [7, 11) is 1.95. The van der Waals surface area contributed by atoms with Gasteiger partial charge in [0.25, 0.3) is 0 Å². The van der Waals surface area contributed by atoms with Crippen molar-refractivity contribution in [3.05, 3.63) is 83.4 Å². The van der Waals surface area contributed by atoms with Gasteiger partial charge in [0.05, 0.1) is 0 Å². The Labute approximate surface area is 172 Å². The van der Waals surface area contributed by atoms with Crippen LogP contribution in [0.15, 0.2) is 72.8 Å². The molecule has 1 aliphatic heterocycles. The molecule has 28 heavy (non-hydrogen) atoms. The molecule has 1 fully saturated rings. The maximum atomic E-state index is 6.06. The highest BCUT2D eigenvalue weighted by molar-refractivity contribution is 6.30. The van der Waals surface area contributed by atoms with E-state index in [1.165, 1.54) is 22.4 Å². The molecule has 0 bridgehead atoms. The number of piperazine rings is 1. The standard InChI is InChI=1S/C24H26ClN3/c1-26-22-10-12-23(13-11-22)28-16-14-27(15-17-28)18-20-4-2-3-5-24(20)19-6-8-21(25)9-7-19/h2-13,26H,14-18H2,1H3. The smallest absolute Gasteiger partial charge is 0.0406 e. The van der Waals surface area contributed by atoms with E-state index in [-0.39, 0.29) is 0 Å². The lowest BCUT2D eigenvalue weighted by molar-refractivity contribution is 0.250. The summed E-state index contributed by atoms with van der Waals surface area (Å²) >= 11 is 6.06. The molecule has 0 spiro atoms. The minimum atomic E-state index is 0.778. The Bertz CT molecular complexity index is 898. The van der Waals surface area contributed by atoms with Crippen LogP contribution in [-0.2, 0) is 6.54 Å². The molecule has 0 atom stereocenters. The molecule has 3 aromatic carbocycles. The fourth-order valence-corrected chi connectivity index (χ4v) is 3.94. The first kappa shape index (κ1) is 18.9. The summed E-state index contributed by atoms with van der Waals surface area (Å²) in [6, 6.07) is 25.5. The summed E-state index contributed by atoms with van der Waals surface area (Å²) in [4.78, 5) is 5.02. The molecule has 0 aromatic heterocycles. The number of anilines is 2. The van der Waals surface area contributed by atoms with Crippen molar-refractivity contribution >= 4 is 23.0 Å². The number of halogens is 1. The Kier molecular flexibility index (Phi) is 5.84. The fraction of sp³-hybridized carbons (Fsp3) is 0.250. The molecule has 0 radical (unpaired) electrons. The van der Waals surface area contributed by atoms with Crippen LogP contribution in [0.25, 0.3) is 11.1 Å². The molecule has 3 nitrogen and oxygen atoms in total. The largest absolute Gasteiger partial charge is 0.388 e. The molecule has 1 aliphatic rings. The number of nitrogens with zero attached hydrogens (tertiary/aromatic N) is 2. The van der Waals surface area contributed by atoms with E-state index in [2.05, 4.69) is 75.8 Å². The summed E-state index contributed by atoms with van der Waals surface area (Å²) in [5, 5.41) is 3.96. The van der Waals surface area contributed by atoms with Gasteiger partial charge < -0.3 is 10.2 Å². The maximum Gasteiger partial charge on any atom is 0.0406 e. The molecule has 4 heteroatoms. The zero-order valence-corrected chi connectivity index (χ0v) is 17.0. The van der Waals surface area contributed by atoms with Crippen molar-refractivity contribution in [3.63, 3.8) is 0 Å². The van der Waals surface area contributed by atoms with E-state index < -0.39 is 0 Å². The molecule has 4 rings (SSSR count). The first-order valence-electron chi connectivity index (χ1n) is 9.82. The van der Waals surface area contributed by atoms with Crippen molar-refractivity contribution in [2.24, 2.45) is 0 Å². The van der Waals surface area contributed by atoms with E-state index in [4.69, 9.17) is 11.6 Å². The van der Waals surface area contributed by atoms with Crippen molar-refractivity contribution in [3.8, 4) is 11.1 Å². The van der Waals surface area contributed by atoms with Gasteiger partial charge in [0.1, 0.15) is 0 Å². The van der Waals surface area contributed by atoms with Gasteiger partial charge in [-0.2, -0.15) is 0 Å². The number of nitrogens with one attached hydrogen (secondary N) is 1. The van der Waals surface area contributed by atoms with Crippen molar-refractivity contribution in [2.75, 3.05) is 43.4 Å². The van der Waals surface area contributed by atoms with Gasteiger partial charge in [0.15, 0.2) is 0 Å². The minimum Gasteiger partial charge on any atom is -0.388 e. The van der Waals surface area contributed by atoms with Gasteiger partial charge in [-0.25, -0.2) is 0 Å². The van der Waals surface area contributed by atoms with Crippen LogP contribution in [0.3, 0.4) is 0 Å². The Balaban J connectivity index is 1.42. The third-order valence-corrected chi connectivity index (χ3v) is 5.71. The highest BCUT2D eigenvalue weighted by Gasteiger charge is 2.18. The monoisotopic (exact) mass is 391 g/mol. The van der Waals surface area contributed by atoms with E-state index in [1.807, 2.05) is 19.2 Å². The lowest BCUT2D eigenvalue weighted by Crippen LogP contribution is -2.46. The van der Waals surface area contributed by atoms with Gasteiger partial charge in [0.2, 0.25) is 0 Å². The second-order valence-corrected chi connectivity index (χ2v) is 7.66. The molecule has 0 amide bonds. The van der Waals surface area contributed by atoms with E-state index in [0.29, 0.717) is 0 Å². The van der Waals surface area contributed by atoms with Crippen LogP contribution >= 0.6 is 11.6 Å². The van der Waals surface area contributed by atoms with Gasteiger partial charge in [-0.3, -0.25) is 4.90 Å². The number of hydrogen-bond acceptors (Lipinski definition) is 3. The Morgan fingerprint density at radius 1 is 0.821 bits per heavy atom. The highest BCUT2D eigenvalue weighted by atomic mass is 35.5. The van der Waals surface area contributed by atoms with Crippen molar-refractivity contribution < 1.29 is 0 Å². The van der Waals surface area contributed by atoms with Gasteiger partial charge in [0, 0.05) is 56.2 Å². The highest BCUT2D eigenvalue weighted by Crippen LogP contribution is 2.27. The summed E-state index contributed by atoms with van der Waals surface area (Å²) in [5.41, 5.74) is 6.35. The molecule has 3 aromatic rings. The average Bonchev–Trinajstić information content (AvgIpc) is 2.75. The molecule has 1 heterocycles. The third-order valence-electron chi connectivity index (χ3n) is 5.46. The second kappa shape index (κ2) is 8.68. The maximum absolute atomic E-state index is 6.06. The van der Waals surface area contributed by atoms with Gasteiger partial charge in [-0.05, 0) is 53.1 Å². The predicted octanol–water partition coefficient (Wildman–Crippen LogP) is 5.37. The zero-order chi connectivity index (χ0) is 19.3. The van der Waals surface area contributed by atoms with E-state index in [1.54, 1.807) is 0 Å². The summed E-state index contributed by atoms with van der Waals surface area (Å²) < 4.78 is 0. The molecular formula is C24H26ClN3. The average molecular weight is 392 g/mol. The van der Waals surface area contributed by atoms with Crippen LogP contribution < -0.4 is 10.2 Å². The summed E-state index contributed by atoms with van der Waals surface area (Å²) in [6.07, 6.45) is 0. The van der Waals surface area contributed by atoms with Crippen LogP contribution in [0.5, 0.6) is 0 Å². The number of rotatable bonds is 5. The second-order valence-electron chi connectivity index (χ2n) is 7.22. The molecule has 0 saturated carbocycles. The van der Waals surface area contributed by atoms with Gasteiger partial charge >= 0.3 is 0 Å². The van der Waals surface area contributed by atoms with E-state index >= 15 is 0 Å². The Hall–Kier alpha value is -2.49. The first-order chi connectivity index (χ1) is 13.7. The number of benzene rings is 3. The van der Waals surface area contributed by atoms with Crippen molar-refractivity contribution in [2.45, 2.75) is 6.54 Å². The van der Waals surface area contributed by atoms with E-state index in [9.17, 15) is 0 Å². The van der Waals surface area contributed by atoms with Crippen molar-refractivity contribution in [1.29, 1.82) is 0 Å². The minimum absolute atomic E-state index is 0.778. The SMILES string of the molecule is CNc1ccc(N2CCN(Cc3ccccc3-c3ccc(Cl)cc3)CC2)cc1. The zero-order valence-electron chi connectivity index (χ0n) is 16.2. The van der Waals surface area contributed by atoms with Crippen LogP contribution in [0.4, 0.5) is 11.4 Å². The van der Waals surface area contributed by atoms with Gasteiger partial charge in [-0.1, -0.05) is 48.0 Å². The Morgan fingerprint density at radius 2 is 1.50 bits per heavy atom. The molecule has 0 unspecified atom stereocenters. The van der Waals surface area contributed by atoms with Crippen LogP contribution in [-0.4, -0.2) is 38.1 Å². The quantitative estimate of drug-likeness (QED) is 0.630. The predicted molar refractivity (Wildman–Crippen MR) is 120 cm³/mol. The Morgan fingerprint density at radius 3 is 2.18 bits per heavy atom. The molecule has 1 N–H and O–H groups in total. The molecular weight excluding hydrogens is 366 g/mol. The lowest BCUT2D eigenvalue weighted by atomic mass is 9.99. The van der Waals surface area contributed by atoms with Crippen molar-refractivity contribution in [1.82, 2.24) is 4.90 Å². The summed E-state index contributed by atoms with van der Waals surface area (Å²) in [6.45, 7) is 5.24. The fourth-order valence-electron chi connectivity index (χ4n) is 3.81. The van der Waals surface area contributed by atoms with Crippen LogP contribution in [0.2, 0.25) is 5.02 Å². The summed E-state index contributed by atoms with van der Waals surface area (Å²) in [5.74, 6) is 0. The lowest BCUT2D eigenvalue weighted by Gasteiger charge is -2.36. The van der Waals surface area contributed by atoms with E-state index in [0.717, 1.165) is 43.4 Å². The van der Waals surface area contributed by atoms with Crippen LogP contribution in [0, 0.1) is 0 Å². The van der Waals surface area contributed by atoms with Crippen LogP contribution in [0.1, 0.15) is 5.56 Å². The molecule has 0 aliphatic carbocycles.